The molecule has 2 aromatic rings. The minimum atomic E-state index is -0.676. The number of H-pyrrole nitrogens is 1. The average Bonchev–Trinajstić information content (AvgIpc) is 3.00. The fraction of sp³-hybridized carbons (Fsp3) is 0.550. The highest BCUT2D eigenvalue weighted by Gasteiger charge is 2.22. The molecule has 0 aliphatic rings. The number of carbonyl (C=O) groups is 1. The summed E-state index contributed by atoms with van der Waals surface area (Å²) in [6.07, 6.45) is 4.27. The molecule has 138 valence electrons. The number of para-hydroxylation sites is 1. The van der Waals surface area contributed by atoms with E-state index < -0.39 is 12.3 Å². The van der Waals surface area contributed by atoms with Crippen molar-refractivity contribution in [3.63, 3.8) is 0 Å². The molecule has 1 heterocycles. The Morgan fingerprint density at radius 1 is 1.24 bits per heavy atom. The second-order valence-electron chi connectivity index (χ2n) is 7.06. The van der Waals surface area contributed by atoms with Crippen molar-refractivity contribution in [3.05, 3.63) is 36.0 Å². The second kappa shape index (κ2) is 9.59. The lowest BCUT2D eigenvalue weighted by atomic mass is 10.0. The van der Waals surface area contributed by atoms with Crippen molar-refractivity contribution >= 4 is 16.8 Å². The molecule has 2 unspecified atom stereocenters. The first-order valence-electron chi connectivity index (χ1n) is 9.28. The summed E-state index contributed by atoms with van der Waals surface area (Å²) in [4.78, 5) is 15.8. The molecule has 2 atom stereocenters. The van der Waals surface area contributed by atoms with Gasteiger partial charge < -0.3 is 15.4 Å². The van der Waals surface area contributed by atoms with Gasteiger partial charge in [0.05, 0.1) is 6.04 Å². The summed E-state index contributed by atoms with van der Waals surface area (Å²) in [5, 5.41) is 17.5. The van der Waals surface area contributed by atoms with Crippen LogP contribution in [0.15, 0.2) is 30.5 Å². The number of aliphatic hydroxyl groups excluding tert-OH is 1. The highest BCUT2D eigenvalue weighted by atomic mass is 16.3. The Labute approximate surface area is 150 Å². The summed E-state index contributed by atoms with van der Waals surface area (Å²) < 4.78 is 0. The summed E-state index contributed by atoms with van der Waals surface area (Å²) >= 11 is 0. The number of aromatic nitrogens is 1. The van der Waals surface area contributed by atoms with E-state index in [9.17, 15) is 9.90 Å². The Kier molecular flexibility index (Phi) is 7.47. The lowest BCUT2D eigenvalue weighted by molar-refractivity contribution is -0.124. The van der Waals surface area contributed by atoms with Crippen LogP contribution in [0.4, 0.5) is 0 Å². The lowest BCUT2D eigenvalue weighted by Gasteiger charge is -2.22. The maximum atomic E-state index is 12.5. The van der Waals surface area contributed by atoms with Crippen LogP contribution in [0, 0.1) is 5.92 Å². The minimum Gasteiger partial charge on any atom is -0.379 e. The third-order valence-electron chi connectivity index (χ3n) is 4.38. The van der Waals surface area contributed by atoms with Crippen molar-refractivity contribution in [1.82, 2.24) is 15.6 Å². The molecule has 4 N–H and O–H groups in total. The van der Waals surface area contributed by atoms with Gasteiger partial charge in [0.25, 0.3) is 0 Å². The van der Waals surface area contributed by atoms with Gasteiger partial charge in [0, 0.05) is 23.6 Å². The van der Waals surface area contributed by atoms with Gasteiger partial charge >= 0.3 is 0 Å². The number of nitrogens with one attached hydrogen (secondary N) is 3. The molecule has 5 heteroatoms. The van der Waals surface area contributed by atoms with Crippen LogP contribution in [0.5, 0.6) is 0 Å². The van der Waals surface area contributed by atoms with Crippen LogP contribution in [-0.4, -0.2) is 34.8 Å². The Hall–Kier alpha value is -1.85. The quantitative estimate of drug-likeness (QED) is 0.500. The van der Waals surface area contributed by atoms with Gasteiger partial charge in [-0.25, -0.2) is 0 Å². The number of carbonyl (C=O) groups excluding carboxylic acids is 1. The zero-order valence-corrected chi connectivity index (χ0v) is 15.5. The molecule has 1 amide bonds. The number of rotatable bonds is 10. The fourth-order valence-corrected chi connectivity index (χ4v) is 2.93. The first kappa shape index (κ1) is 19.5. The molecular formula is C20H31N3O2. The van der Waals surface area contributed by atoms with E-state index in [0.717, 1.165) is 29.3 Å². The van der Waals surface area contributed by atoms with Crippen LogP contribution in [0.3, 0.4) is 0 Å². The third-order valence-corrected chi connectivity index (χ3v) is 4.38. The van der Waals surface area contributed by atoms with Crippen LogP contribution in [0.2, 0.25) is 0 Å². The van der Waals surface area contributed by atoms with Gasteiger partial charge in [-0.15, -0.1) is 0 Å². The molecule has 1 aromatic carbocycles. The molecule has 0 saturated heterocycles. The molecule has 25 heavy (non-hydrogen) atoms. The zero-order valence-electron chi connectivity index (χ0n) is 15.5. The first-order chi connectivity index (χ1) is 12.0. The lowest BCUT2D eigenvalue weighted by Crippen LogP contribution is -2.49. The van der Waals surface area contributed by atoms with Crippen LogP contribution in [0.1, 0.15) is 45.6 Å². The maximum absolute atomic E-state index is 12.5. The zero-order chi connectivity index (χ0) is 18.2. The smallest absolute Gasteiger partial charge is 0.237 e. The number of hydrogen-bond donors (Lipinski definition) is 4. The normalized spacial score (nSPS) is 14.0. The van der Waals surface area contributed by atoms with E-state index in [4.69, 9.17) is 0 Å². The van der Waals surface area contributed by atoms with Crippen LogP contribution >= 0.6 is 0 Å². The highest BCUT2D eigenvalue weighted by Crippen LogP contribution is 2.19. The van der Waals surface area contributed by atoms with E-state index >= 15 is 0 Å². The van der Waals surface area contributed by atoms with Crippen LogP contribution in [0.25, 0.3) is 10.9 Å². The van der Waals surface area contributed by atoms with E-state index in [2.05, 4.69) is 35.5 Å². The highest BCUT2D eigenvalue weighted by molar-refractivity contribution is 5.86. The van der Waals surface area contributed by atoms with Crippen LogP contribution in [-0.2, 0) is 11.2 Å². The largest absolute Gasteiger partial charge is 0.379 e. The summed E-state index contributed by atoms with van der Waals surface area (Å²) in [6, 6.07) is 7.61. The van der Waals surface area contributed by atoms with Crippen molar-refractivity contribution in [1.29, 1.82) is 0 Å². The maximum Gasteiger partial charge on any atom is 0.237 e. The second-order valence-corrected chi connectivity index (χ2v) is 7.06. The van der Waals surface area contributed by atoms with E-state index in [1.54, 1.807) is 0 Å². The average molecular weight is 345 g/mol. The topological polar surface area (TPSA) is 77.2 Å². The van der Waals surface area contributed by atoms with Crippen molar-refractivity contribution in [2.75, 3.05) is 6.54 Å². The predicted molar refractivity (Wildman–Crippen MR) is 102 cm³/mol. The van der Waals surface area contributed by atoms with Gasteiger partial charge in [-0.2, -0.15) is 0 Å². The predicted octanol–water partition coefficient (Wildman–Crippen LogP) is 2.95. The Morgan fingerprint density at radius 2 is 2.00 bits per heavy atom. The van der Waals surface area contributed by atoms with E-state index in [1.165, 1.54) is 0 Å². The minimum absolute atomic E-state index is 0.0595. The standard InChI is InChI=1S/C20H31N3O2/c1-4-11-21-20(25)18(23-19(24)10-9-14(2)3)12-15-13-22-17-8-6-5-7-16(15)17/h5-8,13-14,18-19,22-24H,4,9-12H2,1-3H3,(H,21,25). The summed E-state index contributed by atoms with van der Waals surface area (Å²) in [5.74, 6) is 0.466. The fourth-order valence-electron chi connectivity index (χ4n) is 2.93. The summed E-state index contributed by atoms with van der Waals surface area (Å²) in [5.41, 5.74) is 2.14. The van der Waals surface area contributed by atoms with Gasteiger partial charge in [-0.3, -0.25) is 10.1 Å². The van der Waals surface area contributed by atoms with Crippen molar-refractivity contribution in [2.45, 2.75) is 58.7 Å². The molecule has 0 bridgehead atoms. The molecule has 0 fully saturated rings. The van der Waals surface area contributed by atoms with E-state index in [1.807, 2.05) is 31.3 Å². The van der Waals surface area contributed by atoms with Crippen molar-refractivity contribution in [3.8, 4) is 0 Å². The first-order valence-corrected chi connectivity index (χ1v) is 9.28. The Bertz CT molecular complexity index is 666. The molecular weight excluding hydrogens is 314 g/mol. The molecule has 0 aliphatic carbocycles. The number of aromatic amines is 1. The van der Waals surface area contributed by atoms with E-state index in [-0.39, 0.29) is 5.91 Å². The van der Waals surface area contributed by atoms with Gasteiger partial charge in [0.15, 0.2) is 0 Å². The van der Waals surface area contributed by atoms with Gasteiger partial charge in [-0.05, 0) is 43.2 Å². The summed E-state index contributed by atoms with van der Waals surface area (Å²) in [7, 11) is 0. The molecule has 0 spiro atoms. The number of amides is 1. The molecule has 0 radical (unpaired) electrons. The van der Waals surface area contributed by atoms with Gasteiger partial charge in [0.1, 0.15) is 6.23 Å². The van der Waals surface area contributed by atoms with Crippen molar-refractivity contribution < 1.29 is 9.90 Å². The van der Waals surface area contributed by atoms with Gasteiger partial charge in [-0.1, -0.05) is 39.0 Å². The number of aliphatic hydroxyl groups is 1. The monoisotopic (exact) mass is 345 g/mol. The van der Waals surface area contributed by atoms with Gasteiger partial charge in [0.2, 0.25) is 5.91 Å². The van der Waals surface area contributed by atoms with Crippen molar-refractivity contribution in [2.24, 2.45) is 5.92 Å². The van der Waals surface area contributed by atoms with Crippen LogP contribution < -0.4 is 10.6 Å². The molecule has 5 nitrogen and oxygen atoms in total. The molecule has 1 aromatic heterocycles. The number of fused-ring (bicyclic) bond motifs is 1. The van der Waals surface area contributed by atoms with E-state index in [0.29, 0.717) is 25.3 Å². The molecule has 0 saturated carbocycles. The number of benzene rings is 1. The Morgan fingerprint density at radius 3 is 2.72 bits per heavy atom. The molecule has 2 rings (SSSR count). The molecule has 0 aliphatic heterocycles. The SMILES string of the molecule is CCCNC(=O)C(Cc1c[nH]c2ccccc12)NC(O)CCC(C)C. The third kappa shape index (κ3) is 5.87. The number of hydrogen-bond acceptors (Lipinski definition) is 3. The summed E-state index contributed by atoms with van der Waals surface area (Å²) in [6.45, 7) is 6.93. The Balaban J connectivity index is 2.09.